The molecule has 100 valence electrons. The molecule has 1 atom stereocenters. The summed E-state index contributed by atoms with van der Waals surface area (Å²) >= 11 is 5.81. The van der Waals surface area contributed by atoms with Crippen LogP contribution in [0.3, 0.4) is 0 Å². The molecular formula is C15H15ClFNO. The third kappa shape index (κ3) is 3.69. The Balaban J connectivity index is 2.03. The Labute approximate surface area is 116 Å². The van der Waals surface area contributed by atoms with Crippen LogP contribution in [-0.4, -0.2) is 5.11 Å². The molecule has 19 heavy (non-hydrogen) atoms. The van der Waals surface area contributed by atoms with Crippen LogP contribution in [0.15, 0.2) is 42.5 Å². The van der Waals surface area contributed by atoms with Gasteiger partial charge in [-0.3, -0.25) is 0 Å². The number of hydrogen-bond acceptors (Lipinski definition) is 2. The van der Waals surface area contributed by atoms with Crippen molar-refractivity contribution >= 4 is 11.6 Å². The molecule has 4 heteroatoms. The van der Waals surface area contributed by atoms with Gasteiger partial charge in [-0.05, 0) is 42.8 Å². The number of halogens is 2. The number of phenolic OH excluding ortho intramolecular Hbond substituents is 1. The summed E-state index contributed by atoms with van der Waals surface area (Å²) in [5, 5.41) is 13.6. The smallest absolute Gasteiger partial charge is 0.123 e. The normalized spacial score (nSPS) is 12.4. The lowest BCUT2D eigenvalue weighted by atomic mass is 10.1. The summed E-state index contributed by atoms with van der Waals surface area (Å²) < 4.78 is 13.2. The van der Waals surface area contributed by atoms with Crippen LogP contribution in [-0.2, 0) is 6.54 Å². The highest BCUT2D eigenvalue weighted by Gasteiger charge is 2.10. The van der Waals surface area contributed by atoms with E-state index in [0.717, 1.165) is 5.56 Å². The van der Waals surface area contributed by atoms with Crippen molar-refractivity contribution in [1.82, 2.24) is 5.32 Å². The highest BCUT2D eigenvalue weighted by Crippen LogP contribution is 2.25. The molecule has 0 aliphatic heterocycles. The molecule has 0 aliphatic rings. The van der Waals surface area contributed by atoms with Gasteiger partial charge in [-0.1, -0.05) is 23.7 Å². The van der Waals surface area contributed by atoms with E-state index in [1.54, 1.807) is 0 Å². The Morgan fingerprint density at radius 3 is 2.58 bits per heavy atom. The number of benzene rings is 2. The molecule has 2 N–H and O–H groups in total. The molecular weight excluding hydrogens is 265 g/mol. The summed E-state index contributed by atoms with van der Waals surface area (Å²) in [4.78, 5) is 0. The fourth-order valence-electron chi connectivity index (χ4n) is 1.86. The molecule has 0 spiro atoms. The quantitative estimate of drug-likeness (QED) is 0.885. The van der Waals surface area contributed by atoms with E-state index < -0.39 is 0 Å². The number of rotatable bonds is 4. The zero-order valence-electron chi connectivity index (χ0n) is 10.5. The van der Waals surface area contributed by atoms with Crippen molar-refractivity contribution < 1.29 is 9.50 Å². The van der Waals surface area contributed by atoms with Crippen molar-refractivity contribution in [3.63, 3.8) is 0 Å². The minimum Gasteiger partial charge on any atom is -0.508 e. The Bertz CT molecular complexity index is 557. The largest absolute Gasteiger partial charge is 0.508 e. The average molecular weight is 280 g/mol. The van der Waals surface area contributed by atoms with Gasteiger partial charge in [0.25, 0.3) is 0 Å². The van der Waals surface area contributed by atoms with Crippen LogP contribution < -0.4 is 5.32 Å². The molecule has 2 nitrogen and oxygen atoms in total. The minimum atomic E-state index is -0.354. The third-order valence-corrected chi connectivity index (χ3v) is 3.23. The summed E-state index contributed by atoms with van der Waals surface area (Å²) in [6, 6.07) is 11.3. The Morgan fingerprint density at radius 2 is 1.89 bits per heavy atom. The van der Waals surface area contributed by atoms with Gasteiger partial charge in [0, 0.05) is 23.2 Å². The molecule has 0 bridgehead atoms. The first kappa shape index (κ1) is 13.8. The molecule has 0 heterocycles. The lowest BCUT2D eigenvalue weighted by molar-refractivity contribution is 0.449. The molecule has 0 aromatic heterocycles. The first-order valence-electron chi connectivity index (χ1n) is 6.02. The molecule has 2 rings (SSSR count). The summed E-state index contributed by atoms with van der Waals surface area (Å²) in [5.41, 5.74) is 1.63. The molecule has 2 aromatic carbocycles. The maximum absolute atomic E-state index is 13.2. The summed E-state index contributed by atoms with van der Waals surface area (Å²) in [6.45, 7) is 2.50. The van der Waals surface area contributed by atoms with Gasteiger partial charge in [-0.2, -0.15) is 0 Å². The van der Waals surface area contributed by atoms with Crippen molar-refractivity contribution in [2.75, 3.05) is 0 Å². The highest BCUT2D eigenvalue weighted by molar-refractivity contribution is 6.30. The lowest BCUT2D eigenvalue weighted by Crippen LogP contribution is -2.18. The average Bonchev–Trinajstić information content (AvgIpc) is 2.40. The van der Waals surface area contributed by atoms with Crippen molar-refractivity contribution in [3.8, 4) is 5.75 Å². The SMILES string of the molecule is CC(NCc1ccc(Cl)cc1)c1cc(F)ccc1O. The van der Waals surface area contributed by atoms with Gasteiger partial charge in [-0.25, -0.2) is 4.39 Å². The van der Waals surface area contributed by atoms with Crippen LogP contribution in [0.5, 0.6) is 5.75 Å². The van der Waals surface area contributed by atoms with Crippen LogP contribution in [0.2, 0.25) is 5.02 Å². The molecule has 0 radical (unpaired) electrons. The second-order valence-electron chi connectivity index (χ2n) is 4.43. The Morgan fingerprint density at radius 1 is 1.21 bits per heavy atom. The standard InChI is InChI=1S/C15H15ClFNO/c1-10(14-8-13(17)6-7-15(14)19)18-9-11-2-4-12(16)5-3-11/h2-8,10,18-19H,9H2,1H3. The second kappa shape index (κ2) is 6.04. The Kier molecular flexibility index (Phi) is 4.40. The van der Waals surface area contributed by atoms with E-state index in [0.29, 0.717) is 17.1 Å². The van der Waals surface area contributed by atoms with E-state index in [1.165, 1.54) is 18.2 Å². The van der Waals surface area contributed by atoms with Crippen molar-refractivity contribution in [3.05, 3.63) is 64.4 Å². The summed E-state index contributed by atoms with van der Waals surface area (Å²) in [5.74, 6) is -0.259. The maximum Gasteiger partial charge on any atom is 0.123 e. The van der Waals surface area contributed by atoms with E-state index in [-0.39, 0.29) is 17.6 Å². The van der Waals surface area contributed by atoms with Crippen LogP contribution in [0.4, 0.5) is 4.39 Å². The van der Waals surface area contributed by atoms with E-state index in [4.69, 9.17) is 11.6 Å². The molecule has 1 unspecified atom stereocenters. The fourth-order valence-corrected chi connectivity index (χ4v) is 1.98. The molecule has 0 aliphatic carbocycles. The van der Waals surface area contributed by atoms with Crippen molar-refractivity contribution in [2.45, 2.75) is 19.5 Å². The number of phenols is 1. The molecule has 0 saturated carbocycles. The van der Waals surface area contributed by atoms with Gasteiger partial charge in [0.2, 0.25) is 0 Å². The first-order valence-corrected chi connectivity index (χ1v) is 6.40. The zero-order valence-corrected chi connectivity index (χ0v) is 11.3. The topological polar surface area (TPSA) is 32.3 Å². The first-order chi connectivity index (χ1) is 9.06. The predicted octanol–water partition coefficient (Wildman–Crippen LogP) is 4.04. The third-order valence-electron chi connectivity index (χ3n) is 2.98. The number of aromatic hydroxyl groups is 1. The van der Waals surface area contributed by atoms with Crippen LogP contribution >= 0.6 is 11.6 Å². The van der Waals surface area contributed by atoms with Crippen LogP contribution in [0, 0.1) is 5.82 Å². The van der Waals surface area contributed by atoms with Crippen LogP contribution in [0.25, 0.3) is 0 Å². The van der Waals surface area contributed by atoms with Crippen molar-refractivity contribution in [2.24, 2.45) is 0 Å². The van der Waals surface area contributed by atoms with Gasteiger partial charge < -0.3 is 10.4 Å². The maximum atomic E-state index is 13.2. The zero-order chi connectivity index (χ0) is 13.8. The van der Waals surface area contributed by atoms with Crippen molar-refractivity contribution in [1.29, 1.82) is 0 Å². The monoisotopic (exact) mass is 279 g/mol. The van der Waals surface area contributed by atoms with E-state index in [1.807, 2.05) is 31.2 Å². The van der Waals surface area contributed by atoms with Gasteiger partial charge in [0.15, 0.2) is 0 Å². The number of nitrogens with one attached hydrogen (secondary N) is 1. The van der Waals surface area contributed by atoms with E-state index in [2.05, 4.69) is 5.32 Å². The van der Waals surface area contributed by atoms with E-state index in [9.17, 15) is 9.50 Å². The van der Waals surface area contributed by atoms with E-state index >= 15 is 0 Å². The van der Waals surface area contributed by atoms with Gasteiger partial charge in [0.1, 0.15) is 11.6 Å². The number of hydrogen-bond donors (Lipinski definition) is 2. The lowest BCUT2D eigenvalue weighted by Gasteiger charge is -2.15. The fraction of sp³-hybridized carbons (Fsp3) is 0.200. The molecule has 2 aromatic rings. The Hall–Kier alpha value is -1.58. The molecule has 0 saturated heterocycles. The molecule has 0 amide bonds. The predicted molar refractivity (Wildman–Crippen MR) is 74.8 cm³/mol. The van der Waals surface area contributed by atoms with Gasteiger partial charge >= 0.3 is 0 Å². The molecule has 0 fully saturated rings. The van der Waals surface area contributed by atoms with Gasteiger partial charge in [0.05, 0.1) is 0 Å². The van der Waals surface area contributed by atoms with Crippen LogP contribution in [0.1, 0.15) is 24.1 Å². The minimum absolute atomic E-state index is 0.0949. The second-order valence-corrected chi connectivity index (χ2v) is 4.87. The highest BCUT2D eigenvalue weighted by atomic mass is 35.5. The summed E-state index contributed by atoms with van der Waals surface area (Å²) in [7, 11) is 0. The summed E-state index contributed by atoms with van der Waals surface area (Å²) in [6.07, 6.45) is 0. The van der Waals surface area contributed by atoms with Gasteiger partial charge in [-0.15, -0.1) is 0 Å².